The summed E-state index contributed by atoms with van der Waals surface area (Å²) in [4.78, 5) is 13.6. The highest BCUT2D eigenvalue weighted by Gasteiger charge is 2.30. The topological polar surface area (TPSA) is 44.4 Å². The van der Waals surface area contributed by atoms with E-state index >= 15 is 0 Å². The van der Waals surface area contributed by atoms with Gasteiger partial charge in [-0.25, -0.2) is 0 Å². The molecule has 116 valence electrons. The molecule has 1 heterocycles. The fourth-order valence-electron chi connectivity index (χ4n) is 2.53. The molecule has 0 aromatic carbocycles. The highest BCUT2D eigenvalue weighted by molar-refractivity contribution is 5.78. The highest BCUT2D eigenvalue weighted by Crippen LogP contribution is 2.21. The number of hydrogen-bond acceptors (Lipinski definition) is 3. The number of nitrogens with zero attached hydrogens (tertiary/aromatic N) is 1. The van der Waals surface area contributed by atoms with Gasteiger partial charge >= 0.3 is 6.18 Å². The number of rotatable bonds is 6. The average molecular weight is 293 g/mol. The van der Waals surface area contributed by atoms with Gasteiger partial charge in [-0.05, 0) is 32.2 Å². The van der Waals surface area contributed by atoms with Crippen molar-refractivity contribution in [1.82, 2.24) is 15.5 Å². The molecule has 1 aliphatic heterocycles. The molecule has 0 aromatic heterocycles. The summed E-state index contributed by atoms with van der Waals surface area (Å²) in [7, 11) is 0. The first kappa shape index (κ1) is 15.6. The monoisotopic (exact) mass is 293 g/mol. The van der Waals surface area contributed by atoms with Crippen molar-refractivity contribution in [3.8, 4) is 0 Å². The lowest BCUT2D eigenvalue weighted by Crippen LogP contribution is -2.50. The molecule has 2 rings (SSSR count). The number of likely N-dealkylation sites (tertiary alicyclic amines) is 1. The number of carbonyl (C=O) groups is 1. The molecule has 0 spiro atoms. The molecule has 1 saturated heterocycles. The number of amides is 1. The highest BCUT2D eigenvalue weighted by atomic mass is 19.4. The summed E-state index contributed by atoms with van der Waals surface area (Å²) in [6.07, 6.45) is 1.21. The lowest BCUT2D eigenvalue weighted by Gasteiger charge is -2.35. The molecular formula is C13H22F3N3O. The second kappa shape index (κ2) is 6.76. The fraction of sp³-hybridized carbons (Fsp3) is 0.923. The Hall–Kier alpha value is -0.820. The van der Waals surface area contributed by atoms with E-state index in [1.807, 2.05) is 10.2 Å². The van der Waals surface area contributed by atoms with Gasteiger partial charge in [-0.3, -0.25) is 9.69 Å². The molecule has 20 heavy (non-hydrogen) atoms. The predicted octanol–water partition coefficient (Wildman–Crippen LogP) is 1.27. The number of alkyl halides is 3. The van der Waals surface area contributed by atoms with E-state index in [-0.39, 0.29) is 12.6 Å². The van der Waals surface area contributed by atoms with Gasteiger partial charge in [-0.2, -0.15) is 13.2 Å². The van der Waals surface area contributed by atoms with Gasteiger partial charge in [0.2, 0.25) is 5.91 Å². The Labute approximate surface area is 117 Å². The molecule has 1 amide bonds. The Morgan fingerprint density at radius 2 is 1.95 bits per heavy atom. The lowest BCUT2D eigenvalue weighted by atomic mass is 10.0. The number of nitrogens with one attached hydrogen (secondary N) is 2. The molecular weight excluding hydrogens is 271 g/mol. The number of halogens is 3. The summed E-state index contributed by atoms with van der Waals surface area (Å²) >= 11 is 0. The maximum Gasteiger partial charge on any atom is 0.405 e. The van der Waals surface area contributed by atoms with Gasteiger partial charge < -0.3 is 10.6 Å². The minimum atomic E-state index is -4.34. The molecule has 2 N–H and O–H groups in total. The van der Waals surface area contributed by atoms with Crippen LogP contribution in [-0.2, 0) is 4.79 Å². The summed E-state index contributed by atoms with van der Waals surface area (Å²) < 4.78 is 36.1. The minimum Gasteiger partial charge on any atom is -0.346 e. The Kier molecular flexibility index (Phi) is 5.26. The second-order valence-corrected chi connectivity index (χ2v) is 5.69. The van der Waals surface area contributed by atoms with Crippen LogP contribution in [0.25, 0.3) is 0 Å². The van der Waals surface area contributed by atoms with E-state index < -0.39 is 18.6 Å². The maximum absolute atomic E-state index is 12.0. The van der Waals surface area contributed by atoms with E-state index in [1.54, 1.807) is 0 Å². The molecule has 1 aliphatic carbocycles. The van der Waals surface area contributed by atoms with Crippen LogP contribution in [-0.4, -0.2) is 55.2 Å². The largest absolute Gasteiger partial charge is 0.405 e. The molecule has 0 aromatic rings. The van der Waals surface area contributed by atoms with Gasteiger partial charge in [0.05, 0.1) is 6.54 Å². The van der Waals surface area contributed by atoms with Crippen LogP contribution in [0.15, 0.2) is 0 Å². The van der Waals surface area contributed by atoms with E-state index in [0.29, 0.717) is 6.04 Å². The molecule has 1 unspecified atom stereocenters. The molecule has 0 bridgehead atoms. The molecule has 2 aliphatic rings. The Morgan fingerprint density at radius 3 is 2.60 bits per heavy atom. The zero-order valence-corrected chi connectivity index (χ0v) is 11.5. The van der Waals surface area contributed by atoms with E-state index in [4.69, 9.17) is 0 Å². The van der Waals surface area contributed by atoms with Crippen molar-refractivity contribution in [1.29, 1.82) is 0 Å². The van der Waals surface area contributed by atoms with Crippen LogP contribution in [0.5, 0.6) is 0 Å². The van der Waals surface area contributed by atoms with Gasteiger partial charge in [0.25, 0.3) is 0 Å². The van der Waals surface area contributed by atoms with Crippen LogP contribution in [0.4, 0.5) is 13.2 Å². The van der Waals surface area contributed by atoms with Gasteiger partial charge in [-0.15, -0.1) is 0 Å². The van der Waals surface area contributed by atoms with Crippen molar-refractivity contribution in [2.45, 2.75) is 50.4 Å². The average Bonchev–Trinajstić information content (AvgIpc) is 3.19. The molecule has 7 heteroatoms. The van der Waals surface area contributed by atoms with Crippen molar-refractivity contribution in [2.75, 3.05) is 26.2 Å². The predicted molar refractivity (Wildman–Crippen MR) is 69.3 cm³/mol. The zero-order valence-electron chi connectivity index (χ0n) is 11.5. The lowest BCUT2D eigenvalue weighted by molar-refractivity contribution is -0.139. The van der Waals surface area contributed by atoms with Crippen LogP contribution in [0.3, 0.4) is 0 Å². The van der Waals surface area contributed by atoms with E-state index in [9.17, 15) is 18.0 Å². The fourth-order valence-corrected chi connectivity index (χ4v) is 2.53. The van der Waals surface area contributed by atoms with Crippen molar-refractivity contribution in [3.63, 3.8) is 0 Å². The summed E-state index contributed by atoms with van der Waals surface area (Å²) in [6, 6.07) is 0.874. The molecule has 2 fully saturated rings. The Morgan fingerprint density at radius 1 is 1.20 bits per heavy atom. The van der Waals surface area contributed by atoms with Gasteiger partial charge in [-0.1, -0.05) is 6.42 Å². The van der Waals surface area contributed by atoms with Gasteiger partial charge in [0, 0.05) is 18.6 Å². The van der Waals surface area contributed by atoms with E-state index in [2.05, 4.69) is 5.32 Å². The second-order valence-electron chi connectivity index (χ2n) is 5.69. The molecule has 1 atom stereocenters. The molecule has 1 saturated carbocycles. The van der Waals surface area contributed by atoms with E-state index in [1.165, 1.54) is 12.8 Å². The molecule has 0 radical (unpaired) electrons. The standard InChI is InChI=1S/C13H22F3N3O/c14-13(15,16)9-18-12(20)8-19-6-2-1-3-11(19)7-17-10-4-5-10/h10-11,17H,1-9H2,(H,18,20). The first-order valence-electron chi connectivity index (χ1n) is 7.25. The summed E-state index contributed by atoms with van der Waals surface area (Å²) in [5, 5.41) is 5.37. The van der Waals surface area contributed by atoms with Gasteiger partial charge in [0.1, 0.15) is 6.54 Å². The zero-order chi connectivity index (χ0) is 14.6. The Bertz CT molecular complexity index is 331. The SMILES string of the molecule is O=C(CN1CCCCC1CNC1CC1)NCC(F)(F)F. The summed E-state index contributed by atoms with van der Waals surface area (Å²) in [5.74, 6) is -0.541. The first-order chi connectivity index (χ1) is 9.44. The third kappa shape index (κ3) is 5.66. The summed E-state index contributed by atoms with van der Waals surface area (Å²) in [6.45, 7) is 0.436. The van der Waals surface area contributed by atoms with Crippen LogP contribution in [0, 0.1) is 0 Å². The van der Waals surface area contributed by atoms with Crippen LogP contribution < -0.4 is 10.6 Å². The quantitative estimate of drug-likeness (QED) is 0.775. The summed E-state index contributed by atoms with van der Waals surface area (Å²) in [5.41, 5.74) is 0. The smallest absolute Gasteiger partial charge is 0.346 e. The van der Waals surface area contributed by atoms with Crippen molar-refractivity contribution in [2.24, 2.45) is 0 Å². The Balaban J connectivity index is 1.73. The van der Waals surface area contributed by atoms with Crippen molar-refractivity contribution >= 4 is 5.91 Å². The van der Waals surface area contributed by atoms with Crippen LogP contribution >= 0.6 is 0 Å². The maximum atomic E-state index is 12.0. The van der Waals surface area contributed by atoms with E-state index in [0.717, 1.165) is 32.4 Å². The molecule has 4 nitrogen and oxygen atoms in total. The van der Waals surface area contributed by atoms with Crippen LogP contribution in [0.2, 0.25) is 0 Å². The van der Waals surface area contributed by atoms with Crippen molar-refractivity contribution in [3.05, 3.63) is 0 Å². The van der Waals surface area contributed by atoms with Crippen LogP contribution in [0.1, 0.15) is 32.1 Å². The normalized spacial score (nSPS) is 24.6. The van der Waals surface area contributed by atoms with Crippen molar-refractivity contribution < 1.29 is 18.0 Å². The van der Waals surface area contributed by atoms with Gasteiger partial charge in [0.15, 0.2) is 0 Å². The minimum absolute atomic E-state index is 0.0626. The number of carbonyl (C=O) groups excluding carboxylic acids is 1. The number of piperidine rings is 1. The third-order valence-electron chi connectivity index (χ3n) is 3.80. The number of hydrogen-bond donors (Lipinski definition) is 2. The third-order valence-corrected chi connectivity index (χ3v) is 3.80. The first-order valence-corrected chi connectivity index (χ1v) is 7.25.